The topological polar surface area (TPSA) is 21.3 Å². The van der Waals surface area contributed by atoms with Crippen molar-refractivity contribution in [3.05, 3.63) is 29.3 Å². The Kier molecular flexibility index (Phi) is 3.41. The van der Waals surface area contributed by atoms with Gasteiger partial charge in [0.1, 0.15) is 0 Å². The minimum atomic E-state index is 0.0346. The van der Waals surface area contributed by atoms with E-state index in [2.05, 4.69) is 19.2 Å². The Morgan fingerprint density at radius 3 is 2.81 bits per heavy atom. The third-order valence-corrected chi connectivity index (χ3v) is 3.28. The monoisotopic (exact) mass is 239 g/mol. The van der Waals surface area contributed by atoms with Crippen LogP contribution in [0.2, 0.25) is 5.02 Å². The largest absolute Gasteiger partial charge is 0.381 e. The van der Waals surface area contributed by atoms with E-state index in [1.54, 1.807) is 0 Å². The first kappa shape index (κ1) is 11.7. The highest BCUT2D eigenvalue weighted by Gasteiger charge is 2.31. The first-order chi connectivity index (χ1) is 7.57. The fraction of sp³-hybridized carbons (Fsp3) is 0.538. The quantitative estimate of drug-likeness (QED) is 0.868. The van der Waals surface area contributed by atoms with E-state index in [0.717, 1.165) is 30.1 Å². The summed E-state index contributed by atoms with van der Waals surface area (Å²) in [5.74, 6) is 0. The molecular formula is C13H18ClNO. The highest BCUT2D eigenvalue weighted by Crippen LogP contribution is 2.30. The van der Waals surface area contributed by atoms with E-state index in [0.29, 0.717) is 6.10 Å². The number of ether oxygens (including phenoxy) is 1. The number of rotatable bonds is 3. The smallest absolute Gasteiger partial charge is 0.0755 e. The van der Waals surface area contributed by atoms with Crippen LogP contribution in [0.1, 0.15) is 26.7 Å². The molecule has 1 heterocycles. The number of anilines is 1. The van der Waals surface area contributed by atoms with Gasteiger partial charge < -0.3 is 10.1 Å². The van der Waals surface area contributed by atoms with E-state index in [9.17, 15) is 0 Å². The van der Waals surface area contributed by atoms with E-state index in [4.69, 9.17) is 16.3 Å². The second-order valence-corrected chi connectivity index (χ2v) is 5.31. The van der Waals surface area contributed by atoms with Crippen molar-refractivity contribution >= 4 is 17.3 Å². The highest BCUT2D eigenvalue weighted by molar-refractivity contribution is 6.33. The molecule has 0 bridgehead atoms. The third kappa shape index (κ3) is 2.89. The SMILES string of the molecule is CC1(C)CCC(CNc2ccccc2Cl)O1. The lowest BCUT2D eigenvalue weighted by Crippen LogP contribution is -2.24. The van der Waals surface area contributed by atoms with Gasteiger partial charge in [0.25, 0.3) is 0 Å². The molecule has 0 aromatic heterocycles. The average molecular weight is 240 g/mol. The Bertz CT molecular complexity index is 365. The summed E-state index contributed by atoms with van der Waals surface area (Å²) >= 11 is 6.06. The van der Waals surface area contributed by atoms with Crippen molar-refractivity contribution in [1.29, 1.82) is 0 Å². The molecule has 0 radical (unpaired) electrons. The fourth-order valence-corrected chi connectivity index (χ4v) is 2.25. The molecule has 16 heavy (non-hydrogen) atoms. The van der Waals surface area contributed by atoms with E-state index in [1.165, 1.54) is 0 Å². The van der Waals surface area contributed by atoms with E-state index in [-0.39, 0.29) is 5.60 Å². The van der Waals surface area contributed by atoms with Gasteiger partial charge in [-0.25, -0.2) is 0 Å². The molecule has 2 nitrogen and oxygen atoms in total. The molecule has 1 saturated heterocycles. The lowest BCUT2D eigenvalue weighted by molar-refractivity contribution is -0.00910. The van der Waals surface area contributed by atoms with Crippen molar-refractivity contribution in [2.24, 2.45) is 0 Å². The van der Waals surface area contributed by atoms with E-state index >= 15 is 0 Å². The lowest BCUT2D eigenvalue weighted by Gasteiger charge is -2.20. The minimum absolute atomic E-state index is 0.0346. The maximum Gasteiger partial charge on any atom is 0.0755 e. The zero-order chi connectivity index (χ0) is 11.6. The van der Waals surface area contributed by atoms with Crippen LogP contribution in [0, 0.1) is 0 Å². The standard InChI is InChI=1S/C13H18ClNO/c1-13(2)8-7-10(16-13)9-15-12-6-4-3-5-11(12)14/h3-6,10,15H,7-9H2,1-2H3. The number of nitrogens with one attached hydrogen (secondary N) is 1. The summed E-state index contributed by atoms with van der Waals surface area (Å²) in [6, 6.07) is 7.79. The van der Waals surface area contributed by atoms with E-state index in [1.807, 2.05) is 24.3 Å². The summed E-state index contributed by atoms with van der Waals surface area (Å²) in [5, 5.41) is 4.10. The average Bonchev–Trinajstić information content (AvgIpc) is 2.57. The molecule has 1 aromatic carbocycles. The van der Waals surface area contributed by atoms with Gasteiger partial charge in [-0.05, 0) is 38.8 Å². The van der Waals surface area contributed by atoms with Crippen LogP contribution in [0.4, 0.5) is 5.69 Å². The van der Waals surface area contributed by atoms with Crippen molar-refractivity contribution in [2.45, 2.75) is 38.4 Å². The van der Waals surface area contributed by atoms with Crippen LogP contribution >= 0.6 is 11.6 Å². The van der Waals surface area contributed by atoms with Gasteiger partial charge in [-0.2, -0.15) is 0 Å². The summed E-state index contributed by atoms with van der Waals surface area (Å²) in [4.78, 5) is 0. The Hall–Kier alpha value is -0.730. The van der Waals surface area contributed by atoms with Crippen molar-refractivity contribution in [3.8, 4) is 0 Å². The highest BCUT2D eigenvalue weighted by atomic mass is 35.5. The first-order valence-corrected chi connectivity index (χ1v) is 6.11. The molecule has 1 atom stereocenters. The minimum Gasteiger partial charge on any atom is -0.381 e. The molecule has 3 heteroatoms. The van der Waals surface area contributed by atoms with Gasteiger partial charge in [0.05, 0.1) is 22.4 Å². The molecule has 1 fully saturated rings. The normalized spacial score (nSPS) is 23.3. The summed E-state index contributed by atoms with van der Waals surface area (Å²) in [6.45, 7) is 5.11. The van der Waals surface area contributed by atoms with Gasteiger partial charge in [0.2, 0.25) is 0 Å². The molecule has 2 rings (SSSR count). The molecule has 0 aliphatic carbocycles. The summed E-state index contributed by atoms with van der Waals surface area (Å²) in [5.41, 5.74) is 1.02. The first-order valence-electron chi connectivity index (χ1n) is 5.73. The van der Waals surface area contributed by atoms with Crippen LogP contribution in [-0.4, -0.2) is 18.2 Å². The van der Waals surface area contributed by atoms with Gasteiger partial charge in [0, 0.05) is 6.54 Å². The zero-order valence-corrected chi connectivity index (χ0v) is 10.6. The van der Waals surface area contributed by atoms with Gasteiger partial charge >= 0.3 is 0 Å². The molecule has 0 saturated carbocycles. The molecule has 0 spiro atoms. The molecule has 1 aromatic rings. The summed E-state index contributed by atoms with van der Waals surface area (Å²) in [6.07, 6.45) is 2.54. The summed E-state index contributed by atoms with van der Waals surface area (Å²) in [7, 11) is 0. The summed E-state index contributed by atoms with van der Waals surface area (Å²) < 4.78 is 5.90. The fourth-order valence-electron chi connectivity index (χ4n) is 2.05. The van der Waals surface area contributed by atoms with Crippen molar-refractivity contribution in [1.82, 2.24) is 0 Å². The Morgan fingerprint density at radius 1 is 1.44 bits per heavy atom. The van der Waals surface area contributed by atoms with Crippen LogP contribution in [0.15, 0.2) is 24.3 Å². The predicted octanol–water partition coefficient (Wildman–Crippen LogP) is 3.71. The number of para-hydroxylation sites is 1. The lowest BCUT2D eigenvalue weighted by atomic mass is 10.1. The number of hydrogen-bond acceptors (Lipinski definition) is 2. The second kappa shape index (κ2) is 4.64. The predicted molar refractivity (Wildman–Crippen MR) is 68.1 cm³/mol. The molecule has 0 amide bonds. The maximum absolute atomic E-state index is 6.06. The van der Waals surface area contributed by atoms with Gasteiger partial charge in [-0.15, -0.1) is 0 Å². The van der Waals surface area contributed by atoms with Gasteiger partial charge in [0.15, 0.2) is 0 Å². The maximum atomic E-state index is 6.06. The number of benzene rings is 1. The van der Waals surface area contributed by atoms with Crippen LogP contribution in [-0.2, 0) is 4.74 Å². The number of halogens is 1. The Balaban J connectivity index is 1.87. The van der Waals surface area contributed by atoms with Crippen molar-refractivity contribution < 1.29 is 4.74 Å². The van der Waals surface area contributed by atoms with Crippen LogP contribution in [0.5, 0.6) is 0 Å². The van der Waals surface area contributed by atoms with Gasteiger partial charge in [-0.3, -0.25) is 0 Å². The molecular weight excluding hydrogens is 222 g/mol. The van der Waals surface area contributed by atoms with Crippen LogP contribution in [0.3, 0.4) is 0 Å². The Labute approximate surface area is 102 Å². The van der Waals surface area contributed by atoms with Gasteiger partial charge in [-0.1, -0.05) is 23.7 Å². The molecule has 1 aliphatic rings. The van der Waals surface area contributed by atoms with Crippen LogP contribution < -0.4 is 5.32 Å². The van der Waals surface area contributed by atoms with E-state index < -0.39 is 0 Å². The second-order valence-electron chi connectivity index (χ2n) is 4.90. The zero-order valence-electron chi connectivity index (χ0n) is 9.79. The Morgan fingerprint density at radius 2 is 2.19 bits per heavy atom. The molecule has 88 valence electrons. The van der Waals surface area contributed by atoms with Crippen molar-refractivity contribution in [2.75, 3.05) is 11.9 Å². The molecule has 1 unspecified atom stereocenters. The number of hydrogen-bond donors (Lipinski definition) is 1. The van der Waals surface area contributed by atoms with Crippen molar-refractivity contribution in [3.63, 3.8) is 0 Å². The van der Waals surface area contributed by atoms with Crippen LogP contribution in [0.25, 0.3) is 0 Å². The third-order valence-electron chi connectivity index (χ3n) is 2.95. The molecule has 1 aliphatic heterocycles. The molecule has 1 N–H and O–H groups in total.